The highest BCUT2D eigenvalue weighted by molar-refractivity contribution is 5.73. The Hall–Kier alpha value is -3.02. The molecule has 33 heavy (non-hydrogen) atoms. The third-order valence-electron chi connectivity index (χ3n) is 5.33. The molecule has 1 N–H and O–H groups in total. The third-order valence-corrected chi connectivity index (χ3v) is 5.33. The van der Waals surface area contributed by atoms with E-state index in [-0.39, 0.29) is 5.92 Å². The Balaban J connectivity index is 2.09. The quantitative estimate of drug-likeness (QED) is 0.448. The number of benzene rings is 2. The first-order valence-electron chi connectivity index (χ1n) is 11.4. The van der Waals surface area contributed by atoms with Gasteiger partial charge in [-0.15, -0.1) is 0 Å². The van der Waals surface area contributed by atoms with Gasteiger partial charge in [0.05, 0.1) is 13.2 Å². The van der Waals surface area contributed by atoms with Gasteiger partial charge in [0.25, 0.3) is 0 Å². The van der Waals surface area contributed by atoms with Crippen molar-refractivity contribution in [3.63, 3.8) is 0 Å². The van der Waals surface area contributed by atoms with Gasteiger partial charge in [-0.2, -0.15) is 0 Å². The Morgan fingerprint density at radius 1 is 1.03 bits per heavy atom. The second-order valence-corrected chi connectivity index (χ2v) is 9.59. The Morgan fingerprint density at radius 3 is 2.30 bits per heavy atom. The highest BCUT2D eigenvalue weighted by atomic mass is 16.6. The molecule has 1 amide bonds. The minimum Gasteiger partial charge on any atom is -0.493 e. The summed E-state index contributed by atoms with van der Waals surface area (Å²) >= 11 is 0. The molecule has 0 radical (unpaired) electrons. The smallest absolute Gasteiger partial charge is 0.408 e. The number of ether oxygens (including phenoxy) is 3. The van der Waals surface area contributed by atoms with E-state index in [1.54, 1.807) is 27.9 Å². The maximum atomic E-state index is 12.1. The molecule has 0 heterocycles. The van der Waals surface area contributed by atoms with Crippen LogP contribution in [0.1, 0.15) is 52.2 Å². The van der Waals surface area contributed by atoms with Gasteiger partial charge < -0.3 is 24.3 Å². The number of aldehydes is 1. The first-order chi connectivity index (χ1) is 15.6. The number of rotatable bonds is 11. The third kappa shape index (κ3) is 9.16. The Bertz CT molecular complexity index is 889. The van der Waals surface area contributed by atoms with Crippen LogP contribution in [0.3, 0.4) is 0 Å². The molecule has 180 valence electrons. The van der Waals surface area contributed by atoms with E-state index in [2.05, 4.69) is 19.2 Å². The topological polar surface area (TPSA) is 73.9 Å². The summed E-state index contributed by atoms with van der Waals surface area (Å²) in [6.07, 6.45) is 1.46. The lowest BCUT2D eigenvalue weighted by Gasteiger charge is -2.26. The van der Waals surface area contributed by atoms with Crippen LogP contribution >= 0.6 is 0 Å². The second kappa shape index (κ2) is 12.3. The highest BCUT2D eigenvalue weighted by Crippen LogP contribution is 2.31. The molecule has 0 bridgehead atoms. The molecule has 0 saturated heterocycles. The molecule has 6 nitrogen and oxygen atoms in total. The molecule has 2 aromatic carbocycles. The van der Waals surface area contributed by atoms with Gasteiger partial charge in [0.1, 0.15) is 18.5 Å². The van der Waals surface area contributed by atoms with Gasteiger partial charge in [-0.05, 0) is 68.7 Å². The van der Waals surface area contributed by atoms with Gasteiger partial charge in [0.15, 0.2) is 11.5 Å². The summed E-state index contributed by atoms with van der Waals surface area (Å²) in [5.41, 5.74) is 1.54. The number of hydrogen-bond acceptors (Lipinski definition) is 5. The molecular weight excluding hydrogens is 418 g/mol. The number of carbonyl (C=O) groups is 2. The lowest BCUT2D eigenvalue weighted by Crippen LogP contribution is -2.41. The molecule has 6 heteroatoms. The van der Waals surface area contributed by atoms with Crippen molar-refractivity contribution < 1.29 is 23.8 Å². The van der Waals surface area contributed by atoms with Crippen LogP contribution < -0.4 is 14.8 Å². The number of hydrogen-bond donors (Lipinski definition) is 1. The van der Waals surface area contributed by atoms with E-state index in [1.807, 2.05) is 48.5 Å². The van der Waals surface area contributed by atoms with Crippen LogP contribution in [0, 0.1) is 11.8 Å². The van der Waals surface area contributed by atoms with Gasteiger partial charge >= 0.3 is 6.09 Å². The zero-order valence-corrected chi connectivity index (χ0v) is 20.6. The molecular formula is C27H37NO5. The molecule has 2 atom stereocenters. The van der Waals surface area contributed by atoms with Crippen molar-refractivity contribution in [3.05, 3.63) is 59.7 Å². The molecule has 0 saturated carbocycles. The van der Waals surface area contributed by atoms with Crippen molar-refractivity contribution in [2.45, 2.75) is 65.7 Å². The van der Waals surface area contributed by atoms with E-state index in [9.17, 15) is 9.59 Å². The van der Waals surface area contributed by atoms with E-state index in [0.29, 0.717) is 30.4 Å². The lowest BCUT2D eigenvalue weighted by atomic mass is 9.84. The van der Waals surface area contributed by atoms with Crippen LogP contribution in [-0.2, 0) is 22.6 Å². The summed E-state index contributed by atoms with van der Waals surface area (Å²) < 4.78 is 16.8. The van der Waals surface area contributed by atoms with Crippen LogP contribution in [0.25, 0.3) is 0 Å². The second-order valence-electron chi connectivity index (χ2n) is 9.59. The van der Waals surface area contributed by atoms with Crippen molar-refractivity contribution in [2.24, 2.45) is 11.8 Å². The summed E-state index contributed by atoms with van der Waals surface area (Å²) in [6, 6.07) is 15.3. The predicted molar refractivity (Wildman–Crippen MR) is 130 cm³/mol. The molecule has 0 aliphatic rings. The predicted octanol–water partition coefficient (Wildman–Crippen LogP) is 5.57. The van der Waals surface area contributed by atoms with Gasteiger partial charge in [-0.1, -0.05) is 50.2 Å². The fraction of sp³-hybridized carbons (Fsp3) is 0.481. The average Bonchev–Trinajstić information content (AvgIpc) is 2.76. The molecule has 0 aliphatic heterocycles. The number of nitrogens with one attached hydrogen (secondary N) is 1. The lowest BCUT2D eigenvalue weighted by molar-refractivity contribution is -0.110. The average molecular weight is 456 g/mol. The van der Waals surface area contributed by atoms with E-state index < -0.39 is 17.7 Å². The number of alkyl carbamates (subject to hydrolysis) is 1. The van der Waals surface area contributed by atoms with Crippen molar-refractivity contribution in [1.82, 2.24) is 5.32 Å². The number of amides is 1. The van der Waals surface area contributed by atoms with Crippen molar-refractivity contribution >= 4 is 12.4 Å². The van der Waals surface area contributed by atoms with Gasteiger partial charge in [-0.25, -0.2) is 4.79 Å². The molecule has 2 rings (SSSR count). The van der Waals surface area contributed by atoms with E-state index >= 15 is 0 Å². The largest absolute Gasteiger partial charge is 0.493 e. The number of carbonyl (C=O) groups excluding carboxylic acids is 2. The van der Waals surface area contributed by atoms with Crippen molar-refractivity contribution in [2.75, 3.05) is 7.11 Å². The van der Waals surface area contributed by atoms with E-state index in [1.165, 1.54) is 0 Å². The highest BCUT2D eigenvalue weighted by Gasteiger charge is 2.24. The van der Waals surface area contributed by atoms with Crippen molar-refractivity contribution in [1.29, 1.82) is 0 Å². The Morgan fingerprint density at radius 2 is 1.73 bits per heavy atom. The summed E-state index contributed by atoms with van der Waals surface area (Å²) in [6.45, 7) is 10.1. The summed E-state index contributed by atoms with van der Waals surface area (Å²) in [4.78, 5) is 23.8. The summed E-state index contributed by atoms with van der Waals surface area (Å²) in [7, 11) is 1.62. The molecule has 0 fully saturated rings. The fourth-order valence-corrected chi connectivity index (χ4v) is 3.52. The minimum atomic E-state index is -0.617. The molecule has 0 aromatic heterocycles. The minimum absolute atomic E-state index is 0.172. The molecule has 0 spiro atoms. The standard InChI is InChI=1S/C27H37NO5/c1-19(2)22(16-23(17-29)28-26(30)33-27(3,4)5)14-21-12-13-24(31-6)25(15-21)32-18-20-10-8-7-9-11-20/h7-13,15,17,19,22-23H,14,16,18H2,1-6H3,(H,28,30). The van der Waals surface area contributed by atoms with Crippen LogP contribution in [0.5, 0.6) is 11.5 Å². The van der Waals surface area contributed by atoms with Crippen molar-refractivity contribution in [3.8, 4) is 11.5 Å². The first-order valence-corrected chi connectivity index (χ1v) is 11.4. The fourth-order valence-electron chi connectivity index (χ4n) is 3.52. The van der Waals surface area contributed by atoms with Crippen LogP contribution in [0.15, 0.2) is 48.5 Å². The normalized spacial score (nSPS) is 13.2. The monoisotopic (exact) mass is 455 g/mol. The van der Waals surface area contributed by atoms with E-state index in [4.69, 9.17) is 14.2 Å². The maximum absolute atomic E-state index is 12.1. The zero-order valence-electron chi connectivity index (χ0n) is 20.6. The van der Waals surface area contributed by atoms with E-state index in [0.717, 1.165) is 23.8 Å². The zero-order chi connectivity index (χ0) is 24.4. The SMILES string of the molecule is COc1ccc(CC(CC(C=O)NC(=O)OC(C)(C)C)C(C)C)cc1OCc1ccccc1. The summed E-state index contributed by atoms with van der Waals surface area (Å²) in [5, 5.41) is 2.69. The molecule has 2 unspecified atom stereocenters. The molecule has 2 aromatic rings. The van der Waals surface area contributed by atoms with Gasteiger partial charge in [-0.3, -0.25) is 0 Å². The maximum Gasteiger partial charge on any atom is 0.408 e. The van der Waals surface area contributed by atoms with Crippen LogP contribution in [0.4, 0.5) is 4.79 Å². The summed E-state index contributed by atoms with van der Waals surface area (Å²) in [5.74, 6) is 1.84. The Labute approximate surface area is 197 Å². The Kier molecular flexibility index (Phi) is 9.76. The first kappa shape index (κ1) is 26.2. The molecule has 0 aliphatic carbocycles. The number of methoxy groups -OCH3 is 1. The van der Waals surface area contributed by atoms with Gasteiger partial charge in [0, 0.05) is 0 Å². The van der Waals surface area contributed by atoms with Crippen LogP contribution in [0.2, 0.25) is 0 Å². The van der Waals surface area contributed by atoms with Crippen LogP contribution in [-0.4, -0.2) is 31.1 Å². The van der Waals surface area contributed by atoms with Gasteiger partial charge in [0.2, 0.25) is 0 Å².